The molecule has 0 spiro atoms. The molecule has 0 amide bonds. The molecule has 1 fully saturated rings. The van der Waals surface area contributed by atoms with Crippen LogP contribution in [0, 0.1) is 11.6 Å². The summed E-state index contributed by atoms with van der Waals surface area (Å²) in [5, 5.41) is 48.3. The molecule has 0 saturated carbocycles. The molecular weight excluding hydrogens is 410 g/mol. The molecule has 30 heavy (non-hydrogen) atoms. The van der Waals surface area contributed by atoms with Gasteiger partial charge in [0.25, 0.3) is 0 Å². The SMILES string of the molecule is O=C(O[C@H]1[C@H](O)[C@@H](O)[C@@H](O)O[C@@H]1C(=O)O)c1cc(-c2ccc(F)cc2F)ccc1O. The minimum Gasteiger partial charge on any atom is -0.507 e. The van der Waals surface area contributed by atoms with Crippen LogP contribution < -0.4 is 0 Å². The van der Waals surface area contributed by atoms with Crippen LogP contribution in [-0.4, -0.2) is 68.2 Å². The summed E-state index contributed by atoms with van der Waals surface area (Å²) in [4.78, 5) is 23.8. The van der Waals surface area contributed by atoms with Crippen molar-refractivity contribution in [2.75, 3.05) is 0 Å². The first-order chi connectivity index (χ1) is 14.1. The van der Waals surface area contributed by atoms with Gasteiger partial charge in [-0.1, -0.05) is 6.07 Å². The summed E-state index contributed by atoms with van der Waals surface area (Å²) in [6.45, 7) is 0. The number of phenolic OH excluding ortho intramolecular Hbond substituents is 1. The number of aromatic hydroxyl groups is 1. The maximum Gasteiger partial charge on any atom is 0.342 e. The molecule has 1 saturated heterocycles. The minimum absolute atomic E-state index is 0.0722. The second-order valence-electron chi connectivity index (χ2n) is 6.49. The summed E-state index contributed by atoms with van der Waals surface area (Å²) >= 11 is 0. The fraction of sp³-hybridized carbons (Fsp3) is 0.263. The van der Waals surface area contributed by atoms with Gasteiger partial charge in [-0.25, -0.2) is 18.4 Å². The van der Waals surface area contributed by atoms with Crippen LogP contribution in [0.1, 0.15) is 10.4 Å². The molecule has 1 heterocycles. The third-order valence-corrected chi connectivity index (χ3v) is 4.51. The largest absolute Gasteiger partial charge is 0.507 e. The van der Waals surface area contributed by atoms with Crippen molar-refractivity contribution in [3.63, 3.8) is 0 Å². The Morgan fingerprint density at radius 3 is 2.33 bits per heavy atom. The summed E-state index contributed by atoms with van der Waals surface area (Å²) in [5.74, 6) is -5.37. The van der Waals surface area contributed by atoms with Crippen molar-refractivity contribution in [2.45, 2.75) is 30.7 Å². The molecule has 11 heteroatoms. The molecule has 5 N–H and O–H groups in total. The second-order valence-corrected chi connectivity index (χ2v) is 6.49. The van der Waals surface area contributed by atoms with E-state index in [2.05, 4.69) is 4.74 Å². The number of aliphatic carboxylic acids is 1. The van der Waals surface area contributed by atoms with Gasteiger partial charge >= 0.3 is 11.9 Å². The van der Waals surface area contributed by atoms with Gasteiger partial charge in [-0.05, 0) is 29.8 Å². The van der Waals surface area contributed by atoms with Crippen LogP contribution in [0.4, 0.5) is 8.78 Å². The lowest BCUT2D eigenvalue weighted by Crippen LogP contribution is -2.61. The zero-order valence-corrected chi connectivity index (χ0v) is 15.0. The Bertz CT molecular complexity index is 980. The van der Waals surface area contributed by atoms with Crippen LogP contribution in [0.5, 0.6) is 5.75 Å². The normalized spacial score (nSPS) is 26.2. The number of esters is 1. The molecule has 2 aromatic carbocycles. The highest BCUT2D eigenvalue weighted by Gasteiger charge is 2.49. The minimum atomic E-state index is -2.03. The summed E-state index contributed by atoms with van der Waals surface area (Å²) in [5.41, 5.74) is -0.537. The average Bonchev–Trinajstić information content (AvgIpc) is 2.68. The highest BCUT2D eigenvalue weighted by molar-refractivity contribution is 5.94. The number of phenols is 1. The number of carbonyl (C=O) groups is 2. The standard InChI is InChI=1S/C19H16F2O9/c20-8-2-3-9(11(21)6-8)7-1-4-12(22)10(5-7)18(27)29-15-13(23)14(24)19(28)30-16(15)17(25)26/h1-6,13-16,19,22-24,28H,(H,25,26)/t13-,14-,15+,16+,19+/m1/s1. The first-order valence-corrected chi connectivity index (χ1v) is 8.52. The van der Waals surface area contributed by atoms with E-state index in [1.54, 1.807) is 0 Å². The van der Waals surface area contributed by atoms with E-state index in [1.165, 1.54) is 6.07 Å². The number of benzene rings is 2. The molecule has 9 nitrogen and oxygen atoms in total. The number of ether oxygens (including phenoxy) is 2. The Hall–Kier alpha value is -3.12. The van der Waals surface area contributed by atoms with Gasteiger partial charge in [0, 0.05) is 11.6 Å². The molecule has 0 aliphatic carbocycles. The van der Waals surface area contributed by atoms with Crippen LogP contribution in [0.15, 0.2) is 36.4 Å². The number of hydrogen-bond acceptors (Lipinski definition) is 8. The fourth-order valence-electron chi connectivity index (χ4n) is 2.96. The van der Waals surface area contributed by atoms with Crippen LogP contribution in [0.25, 0.3) is 11.1 Å². The maximum absolute atomic E-state index is 14.0. The van der Waals surface area contributed by atoms with Gasteiger partial charge in [0.1, 0.15) is 35.2 Å². The zero-order valence-electron chi connectivity index (χ0n) is 15.0. The van der Waals surface area contributed by atoms with Crippen LogP contribution in [-0.2, 0) is 14.3 Å². The molecule has 2 aromatic rings. The molecule has 160 valence electrons. The molecule has 3 rings (SSSR count). The quantitative estimate of drug-likeness (QED) is 0.437. The first-order valence-electron chi connectivity index (χ1n) is 8.52. The lowest BCUT2D eigenvalue weighted by Gasteiger charge is -2.38. The van der Waals surface area contributed by atoms with Gasteiger partial charge in [0.05, 0.1) is 0 Å². The number of carboxylic acid groups (broad SMARTS) is 1. The van der Waals surface area contributed by atoms with Crippen LogP contribution in [0.3, 0.4) is 0 Å². The van der Waals surface area contributed by atoms with Crippen molar-refractivity contribution in [2.24, 2.45) is 0 Å². The van der Waals surface area contributed by atoms with Gasteiger partial charge in [-0.2, -0.15) is 0 Å². The van der Waals surface area contributed by atoms with E-state index in [9.17, 15) is 43.9 Å². The number of hydrogen-bond donors (Lipinski definition) is 5. The van der Waals surface area contributed by atoms with E-state index in [0.29, 0.717) is 6.07 Å². The van der Waals surface area contributed by atoms with Gasteiger partial charge in [-0.3, -0.25) is 0 Å². The topological polar surface area (TPSA) is 154 Å². The Balaban J connectivity index is 1.91. The van der Waals surface area contributed by atoms with Gasteiger partial charge in [-0.15, -0.1) is 0 Å². The summed E-state index contributed by atoms with van der Waals surface area (Å²) < 4.78 is 36.7. The molecule has 0 unspecified atom stereocenters. The molecule has 1 aliphatic heterocycles. The number of halogens is 2. The molecule has 1 aliphatic rings. The molecule has 0 radical (unpaired) electrons. The van der Waals surface area contributed by atoms with Gasteiger partial charge in [0.2, 0.25) is 0 Å². The Labute approximate surface area is 167 Å². The maximum atomic E-state index is 14.0. The number of aliphatic hydroxyl groups excluding tert-OH is 3. The van der Waals surface area contributed by atoms with Crippen molar-refractivity contribution in [1.82, 2.24) is 0 Å². The summed E-state index contributed by atoms with van der Waals surface area (Å²) in [6, 6.07) is 6.04. The fourth-order valence-corrected chi connectivity index (χ4v) is 2.96. The molecule has 0 aromatic heterocycles. The Morgan fingerprint density at radius 1 is 1.00 bits per heavy atom. The van der Waals surface area contributed by atoms with Crippen molar-refractivity contribution in [3.8, 4) is 16.9 Å². The third-order valence-electron chi connectivity index (χ3n) is 4.51. The summed E-state index contributed by atoms with van der Waals surface area (Å²) in [7, 11) is 0. The van der Waals surface area contributed by atoms with Crippen molar-refractivity contribution < 1.29 is 53.4 Å². The third kappa shape index (κ3) is 4.09. The van der Waals surface area contributed by atoms with Gasteiger partial charge < -0.3 is 35.0 Å². The van der Waals surface area contributed by atoms with Crippen molar-refractivity contribution in [3.05, 3.63) is 53.6 Å². The molecule has 0 bridgehead atoms. The van der Waals surface area contributed by atoms with Crippen LogP contribution in [0.2, 0.25) is 0 Å². The summed E-state index contributed by atoms with van der Waals surface area (Å²) in [6.07, 6.45) is -9.96. The highest BCUT2D eigenvalue weighted by Crippen LogP contribution is 2.30. The highest BCUT2D eigenvalue weighted by atomic mass is 19.1. The van der Waals surface area contributed by atoms with Crippen molar-refractivity contribution >= 4 is 11.9 Å². The predicted octanol–water partition coefficient (Wildman–Crippen LogP) is 0.386. The Morgan fingerprint density at radius 2 is 1.70 bits per heavy atom. The van der Waals surface area contributed by atoms with E-state index >= 15 is 0 Å². The first kappa shape index (κ1) is 21.6. The second kappa shape index (κ2) is 8.32. The lowest BCUT2D eigenvalue weighted by atomic mass is 9.98. The van der Waals surface area contributed by atoms with E-state index in [-0.39, 0.29) is 11.1 Å². The van der Waals surface area contributed by atoms with E-state index in [0.717, 1.165) is 24.3 Å². The van der Waals surface area contributed by atoms with Crippen molar-refractivity contribution in [1.29, 1.82) is 0 Å². The van der Waals surface area contributed by atoms with Crippen LogP contribution >= 0.6 is 0 Å². The zero-order chi connectivity index (χ0) is 22.2. The monoisotopic (exact) mass is 426 g/mol. The number of carbonyl (C=O) groups excluding carboxylic acids is 1. The average molecular weight is 426 g/mol. The van der Waals surface area contributed by atoms with E-state index < -0.39 is 65.6 Å². The van der Waals surface area contributed by atoms with Gasteiger partial charge in [0.15, 0.2) is 18.5 Å². The molecule has 5 atom stereocenters. The number of carboxylic acids is 1. The number of aliphatic hydroxyl groups is 3. The lowest BCUT2D eigenvalue weighted by molar-refractivity contribution is -0.279. The smallest absolute Gasteiger partial charge is 0.342 e. The van der Waals surface area contributed by atoms with E-state index in [4.69, 9.17) is 4.74 Å². The predicted molar refractivity (Wildman–Crippen MR) is 93.2 cm³/mol. The molecular formula is C19H16F2O9. The number of rotatable bonds is 4. The Kier molecular flexibility index (Phi) is 5.99. The van der Waals surface area contributed by atoms with E-state index in [1.807, 2.05) is 0 Å².